The fraction of sp³-hybridized carbons (Fsp3) is 0.136. The molecule has 0 aromatic heterocycles. The van der Waals surface area contributed by atoms with Crippen molar-refractivity contribution in [3.63, 3.8) is 0 Å². The van der Waals surface area contributed by atoms with Gasteiger partial charge >= 0.3 is 5.97 Å². The van der Waals surface area contributed by atoms with Crippen LogP contribution in [0.25, 0.3) is 11.1 Å². The Kier molecular flexibility index (Phi) is 5.74. The fourth-order valence-corrected chi connectivity index (χ4v) is 2.95. The normalized spacial score (nSPS) is 10.6. The third-order valence-corrected chi connectivity index (χ3v) is 4.19. The minimum Gasteiger partial charge on any atom is -0.490 e. The average Bonchev–Trinajstić information content (AvgIpc) is 2.64. The molecule has 0 saturated carbocycles. The number of ether oxygens (including phenoxy) is 2. The van der Waals surface area contributed by atoms with Gasteiger partial charge in [0.25, 0.3) is 0 Å². The van der Waals surface area contributed by atoms with Crippen molar-refractivity contribution in [2.75, 3.05) is 0 Å². The first-order valence-corrected chi connectivity index (χ1v) is 9.16. The lowest BCUT2D eigenvalue weighted by Crippen LogP contribution is -2.14. The van der Waals surface area contributed by atoms with E-state index in [-0.39, 0.29) is 6.10 Å². The molecule has 3 nitrogen and oxygen atoms in total. The Morgan fingerprint density at radius 1 is 0.885 bits per heavy atom. The van der Waals surface area contributed by atoms with E-state index < -0.39 is 5.97 Å². The third kappa shape index (κ3) is 4.33. The van der Waals surface area contributed by atoms with Crippen molar-refractivity contribution >= 4 is 21.9 Å². The summed E-state index contributed by atoms with van der Waals surface area (Å²) < 4.78 is 12.3. The number of esters is 1. The SMILES string of the molecule is CC(C)Oc1ccc(Br)cc1C(=O)Oc1ccccc1-c1ccccc1. The number of hydrogen-bond donors (Lipinski definition) is 0. The van der Waals surface area contributed by atoms with E-state index >= 15 is 0 Å². The summed E-state index contributed by atoms with van der Waals surface area (Å²) in [6, 6.07) is 22.7. The molecule has 26 heavy (non-hydrogen) atoms. The van der Waals surface area contributed by atoms with Gasteiger partial charge in [-0.25, -0.2) is 4.79 Å². The van der Waals surface area contributed by atoms with Crippen molar-refractivity contribution in [3.05, 3.63) is 82.8 Å². The van der Waals surface area contributed by atoms with E-state index in [4.69, 9.17) is 9.47 Å². The van der Waals surface area contributed by atoms with Crippen LogP contribution in [0.5, 0.6) is 11.5 Å². The predicted octanol–water partition coefficient (Wildman–Crippen LogP) is 6.12. The Morgan fingerprint density at radius 3 is 2.31 bits per heavy atom. The number of carbonyl (C=O) groups excluding carboxylic acids is 1. The van der Waals surface area contributed by atoms with Crippen LogP contribution in [-0.2, 0) is 0 Å². The maximum absolute atomic E-state index is 12.8. The molecule has 0 heterocycles. The van der Waals surface area contributed by atoms with Crippen LogP contribution in [0.3, 0.4) is 0 Å². The zero-order valence-corrected chi connectivity index (χ0v) is 16.2. The lowest BCUT2D eigenvalue weighted by molar-refractivity contribution is 0.0729. The zero-order chi connectivity index (χ0) is 18.5. The van der Waals surface area contributed by atoms with Crippen LogP contribution in [0, 0.1) is 0 Å². The van der Waals surface area contributed by atoms with E-state index in [1.54, 1.807) is 18.2 Å². The molecule has 3 aromatic carbocycles. The molecule has 0 spiro atoms. The number of hydrogen-bond acceptors (Lipinski definition) is 3. The number of carbonyl (C=O) groups is 1. The van der Waals surface area contributed by atoms with Crippen LogP contribution in [0.15, 0.2) is 77.3 Å². The van der Waals surface area contributed by atoms with Crippen molar-refractivity contribution in [3.8, 4) is 22.6 Å². The molecule has 0 bridgehead atoms. The Hall–Kier alpha value is -2.59. The topological polar surface area (TPSA) is 35.5 Å². The summed E-state index contributed by atoms with van der Waals surface area (Å²) in [5.41, 5.74) is 2.24. The molecule has 0 aliphatic rings. The first kappa shape index (κ1) is 18.2. The quantitative estimate of drug-likeness (QED) is 0.375. The number of benzene rings is 3. The van der Waals surface area contributed by atoms with Gasteiger partial charge in [-0.2, -0.15) is 0 Å². The van der Waals surface area contributed by atoms with Gasteiger partial charge in [0.2, 0.25) is 0 Å². The Balaban J connectivity index is 1.94. The maximum atomic E-state index is 12.8. The monoisotopic (exact) mass is 410 g/mol. The molecule has 132 valence electrons. The highest BCUT2D eigenvalue weighted by molar-refractivity contribution is 9.10. The van der Waals surface area contributed by atoms with E-state index in [1.807, 2.05) is 68.4 Å². The van der Waals surface area contributed by atoms with Crippen molar-refractivity contribution in [2.24, 2.45) is 0 Å². The van der Waals surface area contributed by atoms with Gasteiger partial charge < -0.3 is 9.47 Å². The smallest absolute Gasteiger partial charge is 0.347 e. The van der Waals surface area contributed by atoms with E-state index in [0.717, 1.165) is 15.6 Å². The third-order valence-electron chi connectivity index (χ3n) is 3.70. The molecule has 0 amide bonds. The molecule has 3 aromatic rings. The van der Waals surface area contributed by atoms with Gasteiger partial charge in [-0.05, 0) is 43.7 Å². The van der Waals surface area contributed by atoms with E-state index in [2.05, 4.69) is 15.9 Å². The summed E-state index contributed by atoms with van der Waals surface area (Å²) >= 11 is 3.40. The van der Waals surface area contributed by atoms with E-state index in [1.165, 1.54) is 0 Å². The first-order chi connectivity index (χ1) is 12.5. The summed E-state index contributed by atoms with van der Waals surface area (Å²) in [4.78, 5) is 12.8. The second kappa shape index (κ2) is 8.19. The van der Waals surface area contributed by atoms with Gasteiger partial charge in [0, 0.05) is 10.0 Å². The first-order valence-electron chi connectivity index (χ1n) is 8.37. The molecule has 0 aliphatic heterocycles. The van der Waals surface area contributed by atoms with Crippen LogP contribution >= 0.6 is 15.9 Å². The maximum Gasteiger partial charge on any atom is 0.347 e. The van der Waals surface area contributed by atoms with Crippen molar-refractivity contribution in [1.29, 1.82) is 0 Å². The molecule has 0 fully saturated rings. The predicted molar refractivity (Wildman–Crippen MR) is 107 cm³/mol. The summed E-state index contributed by atoms with van der Waals surface area (Å²) in [6.45, 7) is 3.84. The number of halogens is 1. The van der Waals surface area contributed by atoms with Crippen molar-refractivity contribution < 1.29 is 14.3 Å². The highest BCUT2D eigenvalue weighted by Crippen LogP contribution is 2.32. The van der Waals surface area contributed by atoms with Crippen LogP contribution in [0.4, 0.5) is 0 Å². The van der Waals surface area contributed by atoms with Crippen LogP contribution in [0.2, 0.25) is 0 Å². The Morgan fingerprint density at radius 2 is 1.58 bits per heavy atom. The summed E-state index contributed by atoms with van der Waals surface area (Å²) in [5.74, 6) is 0.565. The molecule has 4 heteroatoms. The van der Waals surface area contributed by atoms with E-state index in [0.29, 0.717) is 17.1 Å². The standard InChI is InChI=1S/C22H19BrO3/c1-15(2)25-21-13-12-17(23)14-19(21)22(24)26-20-11-7-6-10-18(20)16-8-4-3-5-9-16/h3-15H,1-2H3. The molecule has 0 N–H and O–H groups in total. The minimum atomic E-state index is -0.453. The lowest BCUT2D eigenvalue weighted by atomic mass is 10.0. The number of rotatable bonds is 5. The second-order valence-corrected chi connectivity index (χ2v) is 6.97. The zero-order valence-electron chi connectivity index (χ0n) is 14.6. The highest BCUT2D eigenvalue weighted by Gasteiger charge is 2.18. The highest BCUT2D eigenvalue weighted by atomic mass is 79.9. The molecular weight excluding hydrogens is 392 g/mol. The second-order valence-electron chi connectivity index (χ2n) is 6.06. The molecule has 0 aliphatic carbocycles. The van der Waals surface area contributed by atoms with Gasteiger partial charge in [0.05, 0.1) is 6.10 Å². The molecule has 0 saturated heterocycles. The van der Waals surface area contributed by atoms with Gasteiger partial charge in [-0.3, -0.25) is 0 Å². The summed E-state index contributed by atoms with van der Waals surface area (Å²) in [6.07, 6.45) is -0.0423. The van der Waals surface area contributed by atoms with E-state index in [9.17, 15) is 4.79 Å². The van der Waals surface area contributed by atoms with Gasteiger partial charge in [-0.15, -0.1) is 0 Å². The number of para-hydroxylation sites is 1. The molecule has 3 rings (SSSR count). The average molecular weight is 411 g/mol. The van der Waals surface area contributed by atoms with Crippen molar-refractivity contribution in [2.45, 2.75) is 20.0 Å². The molecule has 0 unspecified atom stereocenters. The fourth-order valence-electron chi connectivity index (χ4n) is 2.59. The van der Waals surface area contributed by atoms with Crippen LogP contribution < -0.4 is 9.47 Å². The van der Waals surface area contributed by atoms with Gasteiger partial charge in [0.15, 0.2) is 0 Å². The van der Waals surface area contributed by atoms with Crippen molar-refractivity contribution in [1.82, 2.24) is 0 Å². The molecular formula is C22H19BrO3. The Bertz CT molecular complexity index is 904. The van der Waals surface area contributed by atoms with Gasteiger partial charge in [-0.1, -0.05) is 64.5 Å². The van der Waals surface area contributed by atoms with Crippen LogP contribution in [0.1, 0.15) is 24.2 Å². The Labute approximate surface area is 161 Å². The largest absolute Gasteiger partial charge is 0.490 e. The minimum absolute atomic E-state index is 0.0423. The summed E-state index contributed by atoms with van der Waals surface area (Å²) in [5, 5.41) is 0. The van der Waals surface area contributed by atoms with Crippen LogP contribution in [-0.4, -0.2) is 12.1 Å². The molecule has 0 atom stereocenters. The molecule has 0 radical (unpaired) electrons. The lowest BCUT2D eigenvalue weighted by Gasteiger charge is -2.15. The van der Waals surface area contributed by atoms with Gasteiger partial charge in [0.1, 0.15) is 17.1 Å². The summed E-state index contributed by atoms with van der Waals surface area (Å²) in [7, 11) is 0.